The number of aromatic nitrogens is 3. The highest BCUT2D eigenvalue weighted by Crippen LogP contribution is 2.23. The van der Waals surface area contributed by atoms with Crippen LogP contribution < -0.4 is 15.4 Å². The fourth-order valence-electron chi connectivity index (χ4n) is 3.22. The smallest absolute Gasteiger partial charge is 0.251 e. The maximum Gasteiger partial charge on any atom is 0.251 e. The van der Waals surface area contributed by atoms with Crippen molar-refractivity contribution in [1.29, 1.82) is 0 Å². The highest BCUT2D eigenvalue weighted by molar-refractivity contribution is 7.99. The largest absolute Gasteiger partial charge is 0.497 e. The van der Waals surface area contributed by atoms with Gasteiger partial charge in [-0.25, -0.2) is 0 Å². The number of aryl methyl sites for hydroxylation is 1. The number of amides is 2. The molecule has 2 amide bonds. The SMILES string of the molecule is C=CCn1c(SCC(=O)Nc2ccc(Cl)cc2C)nnc1[C@H](CO)NC(=O)c1ccc(OC)cc1. The molecular formula is C24H26ClN5O4S. The Morgan fingerprint density at radius 2 is 2.00 bits per heavy atom. The first-order valence-electron chi connectivity index (χ1n) is 10.6. The summed E-state index contributed by atoms with van der Waals surface area (Å²) in [7, 11) is 1.54. The maximum atomic E-state index is 12.7. The number of carbonyl (C=O) groups excluding carboxylic acids is 2. The van der Waals surface area contributed by atoms with Crippen molar-refractivity contribution in [2.24, 2.45) is 0 Å². The van der Waals surface area contributed by atoms with Gasteiger partial charge >= 0.3 is 0 Å². The molecule has 0 spiro atoms. The van der Waals surface area contributed by atoms with Crippen LogP contribution in [0, 0.1) is 6.92 Å². The van der Waals surface area contributed by atoms with Crippen molar-refractivity contribution in [1.82, 2.24) is 20.1 Å². The quantitative estimate of drug-likeness (QED) is 0.263. The van der Waals surface area contributed by atoms with E-state index in [-0.39, 0.29) is 17.6 Å². The number of carbonyl (C=O) groups is 2. The van der Waals surface area contributed by atoms with E-state index in [9.17, 15) is 14.7 Å². The summed E-state index contributed by atoms with van der Waals surface area (Å²) in [4.78, 5) is 25.2. The van der Waals surface area contributed by atoms with Crippen LogP contribution in [0.1, 0.15) is 27.8 Å². The zero-order valence-corrected chi connectivity index (χ0v) is 20.9. The monoisotopic (exact) mass is 515 g/mol. The molecular weight excluding hydrogens is 490 g/mol. The fourth-order valence-corrected chi connectivity index (χ4v) is 4.21. The minimum Gasteiger partial charge on any atom is -0.497 e. The molecule has 0 aliphatic carbocycles. The molecule has 3 aromatic rings. The highest BCUT2D eigenvalue weighted by atomic mass is 35.5. The van der Waals surface area contributed by atoms with E-state index in [2.05, 4.69) is 27.4 Å². The number of nitrogens with one attached hydrogen (secondary N) is 2. The van der Waals surface area contributed by atoms with E-state index in [1.165, 1.54) is 11.8 Å². The Balaban J connectivity index is 1.70. The van der Waals surface area contributed by atoms with E-state index in [4.69, 9.17) is 16.3 Å². The molecule has 0 aliphatic rings. The molecule has 35 heavy (non-hydrogen) atoms. The zero-order valence-electron chi connectivity index (χ0n) is 19.3. The van der Waals surface area contributed by atoms with Gasteiger partial charge in [-0.15, -0.1) is 16.8 Å². The predicted molar refractivity (Wildman–Crippen MR) is 136 cm³/mol. The van der Waals surface area contributed by atoms with E-state index in [1.54, 1.807) is 60.2 Å². The van der Waals surface area contributed by atoms with Gasteiger partial charge in [0.05, 0.1) is 19.5 Å². The molecule has 9 nitrogen and oxygen atoms in total. The van der Waals surface area contributed by atoms with Crippen molar-refractivity contribution in [3.05, 3.63) is 77.1 Å². The van der Waals surface area contributed by atoms with Gasteiger partial charge in [0.25, 0.3) is 5.91 Å². The number of hydrogen-bond acceptors (Lipinski definition) is 7. The number of methoxy groups -OCH3 is 1. The summed E-state index contributed by atoms with van der Waals surface area (Å²) < 4.78 is 6.81. The van der Waals surface area contributed by atoms with Crippen molar-refractivity contribution in [3.63, 3.8) is 0 Å². The fraction of sp³-hybridized carbons (Fsp3) is 0.250. The van der Waals surface area contributed by atoms with Gasteiger partial charge in [-0.3, -0.25) is 9.59 Å². The molecule has 0 saturated heterocycles. The lowest BCUT2D eigenvalue weighted by atomic mass is 10.2. The molecule has 1 aromatic heterocycles. The van der Waals surface area contributed by atoms with Gasteiger partial charge in [-0.05, 0) is 55.0 Å². The summed E-state index contributed by atoms with van der Waals surface area (Å²) in [5.41, 5.74) is 1.93. The van der Waals surface area contributed by atoms with Crippen LogP contribution in [0.25, 0.3) is 0 Å². The summed E-state index contributed by atoms with van der Waals surface area (Å²) in [5, 5.41) is 25.0. The topological polar surface area (TPSA) is 118 Å². The van der Waals surface area contributed by atoms with Crippen molar-refractivity contribution >= 4 is 40.9 Å². The number of anilines is 1. The molecule has 0 fully saturated rings. The highest BCUT2D eigenvalue weighted by Gasteiger charge is 2.23. The number of hydrogen-bond donors (Lipinski definition) is 3. The number of aliphatic hydroxyl groups is 1. The molecule has 0 aliphatic heterocycles. The lowest BCUT2D eigenvalue weighted by Gasteiger charge is -2.17. The second kappa shape index (κ2) is 12.4. The zero-order chi connectivity index (χ0) is 25.4. The van der Waals surface area contributed by atoms with Crippen LogP contribution in [-0.2, 0) is 11.3 Å². The molecule has 2 aromatic carbocycles. The molecule has 1 heterocycles. The lowest BCUT2D eigenvalue weighted by Crippen LogP contribution is -2.33. The number of rotatable bonds is 11. The van der Waals surface area contributed by atoms with Crippen molar-refractivity contribution in [2.45, 2.75) is 24.7 Å². The molecule has 3 rings (SSSR count). The van der Waals surface area contributed by atoms with Crippen LogP contribution in [0.15, 0.2) is 60.3 Å². The van der Waals surface area contributed by atoms with Crippen LogP contribution in [0.3, 0.4) is 0 Å². The molecule has 3 N–H and O–H groups in total. The van der Waals surface area contributed by atoms with Gasteiger partial charge < -0.3 is 25.0 Å². The first-order valence-corrected chi connectivity index (χ1v) is 12.0. The van der Waals surface area contributed by atoms with Crippen LogP contribution in [0.2, 0.25) is 5.02 Å². The van der Waals surface area contributed by atoms with Crippen molar-refractivity contribution < 1.29 is 19.4 Å². The number of allylic oxidation sites excluding steroid dienone is 1. The minimum atomic E-state index is -0.808. The second-order valence-corrected chi connectivity index (χ2v) is 8.85. The van der Waals surface area contributed by atoms with E-state index >= 15 is 0 Å². The summed E-state index contributed by atoms with van der Waals surface area (Å²) in [5.74, 6) is 0.460. The van der Waals surface area contributed by atoms with Crippen molar-refractivity contribution in [3.8, 4) is 5.75 Å². The van der Waals surface area contributed by atoms with Crippen LogP contribution in [0.5, 0.6) is 5.75 Å². The Hall–Kier alpha value is -3.34. The van der Waals surface area contributed by atoms with E-state index in [0.717, 1.165) is 5.56 Å². The van der Waals surface area contributed by atoms with Gasteiger partial charge in [0.2, 0.25) is 5.91 Å². The molecule has 0 unspecified atom stereocenters. The molecule has 0 bridgehead atoms. The van der Waals surface area contributed by atoms with E-state index in [1.807, 2.05) is 6.92 Å². The number of benzene rings is 2. The Kier molecular flexibility index (Phi) is 9.30. The number of halogens is 1. The molecule has 11 heteroatoms. The van der Waals surface area contributed by atoms with Gasteiger partial charge in [0.15, 0.2) is 11.0 Å². The van der Waals surface area contributed by atoms with Crippen LogP contribution >= 0.6 is 23.4 Å². The third kappa shape index (κ3) is 6.84. The summed E-state index contributed by atoms with van der Waals surface area (Å²) in [6.07, 6.45) is 1.65. The first kappa shape index (κ1) is 26.3. The summed E-state index contributed by atoms with van der Waals surface area (Å²) in [6.45, 7) is 5.56. The molecule has 0 saturated carbocycles. The average molecular weight is 516 g/mol. The van der Waals surface area contributed by atoms with E-state index < -0.39 is 12.6 Å². The minimum absolute atomic E-state index is 0.0827. The van der Waals surface area contributed by atoms with Crippen molar-refractivity contribution in [2.75, 3.05) is 24.8 Å². The van der Waals surface area contributed by atoms with Gasteiger partial charge in [0.1, 0.15) is 11.8 Å². The summed E-state index contributed by atoms with van der Waals surface area (Å²) in [6, 6.07) is 11.0. The molecule has 1 atom stereocenters. The normalized spacial score (nSPS) is 11.5. The van der Waals surface area contributed by atoms with Gasteiger partial charge in [-0.1, -0.05) is 29.4 Å². The van der Waals surface area contributed by atoms with Crippen LogP contribution in [0.4, 0.5) is 5.69 Å². The second-order valence-electron chi connectivity index (χ2n) is 7.47. The number of ether oxygens (including phenoxy) is 1. The third-order valence-electron chi connectivity index (χ3n) is 5.00. The number of aliphatic hydroxyl groups excluding tert-OH is 1. The maximum absolute atomic E-state index is 12.7. The third-order valence-corrected chi connectivity index (χ3v) is 6.21. The van der Waals surface area contributed by atoms with E-state index in [0.29, 0.717) is 39.5 Å². The lowest BCUT2D eigenvalue weighted by molar-refractivity contribution is -0.113. The Labute approximate surface area is 212 Å². The molecule has 0 radical (unpaired) electrons. The molecule has 184 valence electrons. The summed E-state index contributed by atoms with van der Waals surface area (Å²) >= 11 is 7.15. The van der Waals surface area contributed by atoms with Gasteiger partial charge in [0, 0.05) is 22.8 Å². The Bertz CT molecular complexity index is 1200. The predicted octanol–water partition coefficient (Wildman–Crippen LogP) is 3.63. The number of nitrogens with zero attached hydrogens (tertiary/aromatic N) is 3. The Morgan fingerprint density at radius 3 is 2.63 bits per heavy atom. The average Bonchev–Trinajstić information content (AvgIpc) is 3.25. The van der Waals surface area contributed by atoms with Gasteiger partial charge in [-0.2, -0.15) is 0 Å². The van der Waals surface area contributed by atoms with Crippen LogP contribution in [-0.4, -0.2) is 51.2 Å². The Morgan fingerprint density at radius 1 is 1.26 bits per heavy atom. The standard InChI is InChI=1S/C24H26ClN5O4S/c1-4-11-30-22(20(13-31)27-23(33)16-5-8-18(34-3)9-6-16)28-29-24(30)35-14-21(32)26-19-10-7-17(25)12-15(19)2/h4-10,12,20,31H,1,11,13-14H2,2-3H3,(H,26,32)(H,27,33)/t20-/m0/s1. The number of thioether (sulfide) groups is 1. The first-order chi connectivity index (χ1) is 16.9.